The predicted octanol–water partition coefficient (Wildman–Crippen LogP) is 2.63. The van der Waals surface area contributed by atoms with Crippen LogP contribution in [0.3, 0.4) is 0 Å². The minimum atomic E-state index is -1.24. The molecule has 0 unspecified atom stereocenters. The van der Waals surface area contributed by atoms with Crippen LogP contribution in [0, 0.1) is 17.0 Å². The van der Waals surface area contributed by atoms with Crippen molar-refractivity contribution < 1.29 is 23.7 Å². The Bertz CT molecular complexity index is 1360. The number of nitro benzene ring substituents is 1. The van der Waals surface area contributed by atoms with E-state index in [9.17, 15) is 29.3 Å². The van der Waals surface area contributed by atoms with Gasteiger partial charge in [-0.25, -0.2) is 4.79 Å². The largest absolute Gasteiger partial charge is 0.423 e. The molecular formula is C21H15N3O7. The molecule has 3 amide bonds. The zero-order valence-electron chi connectivity index (χ0n) is 16.4. The molecule has 0 saturated heterocycles. The normalized spacial score (nSPS) is 13.9. The van der Waals surface area contributed by atoms with E-state index in [2.05, 4.69) is 5.32 Å². The van der Waals surface area contributed by atoms with Crippen molar-refractivity contribution in [2.24, 2.45) is 0 Å². The second-order valence-corrected chi connectivity index (χ2v) is 7.06. The van der Waals surface area contributed by atoms with E-state index in [1.165, 1.54) is 31.2 Å². The van der Waals surface area contributed by atoms with Crippen LogP contribution >= 0.6 is 0 Å². The van der Waals surface area contributed by atoms with E-state index in [0.29, 0.717) is 21.5 Å². The highest BCUT2D eigenvalue weighted by atomic mass is 16.6. The number of aryl methyl sites for hydroxylation is 1. The number of nitro groups is 1. The third kappa shape index (κ3) is 3.23. The summed E-state index contributed by atoms with van der Waals surface area (Å²) in [5.74, 6) is -2.38. The molecule has 2 heterocycles. The van der Waals surface area contributed by atoms with Gasteiger partial charge >= 0.3 is 5.63 Å². The Hall–Kier alpha value is -4.34. The minimum absolute atomic E-state index is 0.123. The molecule has 0 aliphatic carbocycles. The molecule has 1 N–H and O–H groups in total. The standard InChI is InChI=1S/C21H15N3O7/c1-10-8-17(25)31-16-9-12(6-7-13(10)16)22-19(26)11(2)23-20(27)14-4-3-5-15(24(29)30)18(14)21(23)28/h3-9,11H,1-2H3,(H,22,26)/t11-/m1/s1. The second kappa shape index (κ2) is 7.17. The lowest BCUT2D eigenvalue weighted by Crippen LogP contribution is -2.45. The molecule has 2 aromatic carbocycles. The third-order valence-corrected chi connectivity index (χ3v) is 5.11. The molecule has 0 bridgehead atoms. The quantitative estimate of drug-likeness (QED) is 0.295. The maximum Gasteiger partial charge on any atom is 0.336 e. The van der Waals surface area contributed by atoms with Gasteiger partial charge in [-0.3, -0.25) is 29.4 Å². The summed E-state index contributed by atoms with van der Waals surface area (Å²) in [6.07, 6.45) is 0. The molecule has 0 spiro atoms. The van der Waals surface area contributed by atoms with Crippen LogP contribution in [0.15, 0.2) is 51.7 Å². The van der Waals surface area contributed by atoms with Crippen LogP contribution in [0.5, 0.6) is 0 Å². The topological polar surface area (TPSA) is 140 Å². The number of amides is 3. The van der Waals surface area contributed by atoms with Crippen LogP contribution in [-0.2, 0) is 4.79 Å². The van der Waals surface area contributed by atoms with Crippen molar-refractivity contribution >= 4 is 40.1 Å². The van der Waals surface area contributed by atoms with Crippen molar-refractivity contribution in [2.75, 3.05) is 5.32 Å². The van der Waals surface area contributed by atoms with Crippen molar-refractivity contribution in [1.29, 1.82) is 0 Å². The van der Waals surface area contributed by atoms with Crippen molar-refractivity contribution in [1.82, 2.24) is 4.90 Å². The van der Waals surface area contributed by atoms with Crippen LogP contribution in [-0.4, -0.2) is 33.6 Å². The van der Waals surface area contributed by atoms with Crippen LogP contribution in [0.2, 0.25) is 0 Å². The molecule has 10 heteroatoms. The maximum atomic E-state index is 12.8. The van der Waals surface area contributed by atoms with Crippen molar-refractivity contribution in [3.05, 3.63) is 79.7 Å². The lowest BCUT2D eigenvalue weighted by molar-refractivity contribution is -0.385. The molecule has 156 valence electrons. The average molecular weight is 421 g/mol. The van der Waals surface area contributed by atoms with Gasteiger partial charge in [-0.1, -0.05) is 6.07 Å². The Morgan fingerprint density at radius 2 is 1.87 bits per heavy atom. The highest BCUT2D eigenvalue weighted by molar-refractivity contribution is 6.24. The summed E-state index contributed by atoms with van der Waals surface area (Å²) >= 11 is 0. The van der Waals surface area contributed by atoms with E-state index < -0.39 is 40.0 Å². The van der Waals surface area contributed by atoms with Gasteiger partial charge in [-0.05, 0) is 37.6 Å². The Labute approximate surface area is 174 Å². The SMILES string of the molecule is Cc1cc(=O)oc2cc(NC(=O)[C@@H](C)N3C(=O)c4cccc([N+](=O)[O-])c4C3=O)ccc12. The van der Waals surface area contributed by atoms with Crippen molar-refractivity contribution in [3.8, 4) is 0 Å². The number of imide groups is 1. The fourth-order valence-electron chi connectivity index (χ4n) is 3.56. The van der Waals surface area contributed by atoms with Crippen LogP contribution in [0.1, 0.15) is 33.2 Å². The van der Waals surface area contributed by atoms with Gasteiger partial charge in [0.05, 0.1) is 10.5 Å². The van der Waals surface area contributed by atoms with Crippen molar-refractivity contribution in [2.45, 2.75) is 19.9 Å². The molecule has 1 atom stereocenters. The number of benzene rings is 2. The summed E-state index contributed by atoms with van der Waals surface area (Å²) < 4.78 is 5.15. The average Bonchev–Trinajstić information content (AvgIpc) is 2.97. The molecule has 31 heavy (non-hydrogen) atoms. The molecule has 0 saturated carbocycles. The monoisotopic (exact) mass is 421 g/mol. The first-order valence-corrected chi connectivity index (χ1v) is 9.19. The molecule has 0 fully saturated rings. The van der Waals surface area contributed by atoms with Gasteiger partial charge in [-0.2, -0.15) is 0 Å². The first-order valence-electron chi connectivity index (χ1n) is 9.19. The summed E-state index contributed by atoms with van der Waals surface area (Å²) in [5.41, 5.74) is -0.208. The Morgan fingerprint density at radius 3 is 2.58 bits per heavy atom. The summed E-state index contributed by atoms with van der Waals surface area (Å²) in [6, 6.07) is 8.57. The van der Waals surface area contributed by atoms with Crippen molar-refractivity contribution in [3.63, 3.8) is 0 Å². The zero-order valence-corrected chi connectivity index (χ0v) is 16.4. The molecule has 1 aromatic heterocycles. The molecule has 1 aliphatic rings. The number of hydrogen-bond acceptors (Lipinski definition) is 7. The fourth-order valence-corrected chi connectivity index (χ4v) is 3.56. The van der Waals surface area contributed by atoms with Gasteiger partial charge in [0.1, 0.15) is 17.2 Å². The Balaban J connectivity index is 1.62. The third-order valence-electron chi connectivity index (χ3n) is 5.11. The van der Waals surface area contributed by atoms with E-state index in [1.54, 1.807) is 19.1 Å². The van der Waals surface area contributed by atoms with Gasteiger partial charge < -0.3 is 9.73 Å². The van der Waals surface area contributed by atoms with Gasteiger partial charge in [0, 0.05) is 29.3 Å². The van der Waals surface area contributed by atoms with E-state index >= 15 is 0 Å². The van der Waals surface area contributed by atoms with E-state index in [1.807, 2.05) is 0 Å². The van der Waals surface area contributed by atoms with Crippen LogP contribution in [0.4, 0.5) is 11.4 Å². The lowest BCUT2D eigenvalue weighted by atomic mass is 10.1. The maximum absolute atomic E-state index is 12.8. The molecule has 0 radical (unpaired) electrons. The number of anilines is 1. The van der Waals surface area contributed by atoms with E-state index in [-0.39, 0.29) is 16.7 Å². The van der Waals surface area contributed by atoms with Gasteiger partial charge in [0.15, 0.2) is 0 Å². The number of nitrogens with zero attached hydrogens (tertiary/aromatic N) is 2. The Morgan fingerprint density at radius 1 is 1.13 bits per heavy atom. The number of fused-ring (bicyclic) bond motifs is 2. The number of hydrogen-bond donors (Lipinski definition) is 1. The minimum Gasteiger partial charge on any atom is -0.423 e. The summed E-state index contributed by atoms with van der Waals surface area (Å²) in [6.45, 7) is 3.09. The van der Waals surface area contributed by atoms with Gasteiger partial charge in [-0.15, -0.1) is 0 Å². The van der Waals surface area contributed by atoms with Crippen LogP contribution < -0.4 is 10.9 Å². The first kappa shape index (κ1) is 20.0. The molecule has 1 aliphatic heterocycles. The second-order valence-electron chi connectivity index (χ2n) is 7.06. The van der Waals surface area contributed by atoms with Crippen LogP contribution in [0.25, 0.3) is 11.0 Å². The molecule has 4 rings (SSSR count). The molecule has 10 nitrogen and oxygen atoms in total. The number of carbonyl (C=O) groups is 3. The predicted molar refractivity (Wildman–Crippen MR) is 109 cm³/mol. The zero-order chi connectivity index (χ0) is 22.4. The smallest absolute Gasteiger partial charge is 0.336 e. The molecule has 3 aromatic rings. The number of nitrogens with one attached hydrogen (secondary N) is 1. The summed E-state index contributed by atoms with van der Waals surface area (Å²) in [4.78, 5) is 61.0. The highest BCUT2D eigenvalue weighted by Crippen LogP contribution is 2.32. The van der Waals surface area contributed by atoms with Gasteiger partial charge in [0.2, 0.25) is 5.91 Å². The van der Waals surface area contributed by atoms with E-state index in [0.717, 1.165) is 6.07 Å². The Kier molecular flexibility index (Phi) is 4.61. The summed E-state index contributed by atoms with van der Waals surface area (Å²) in [5, 5.41) is 14.5. The fraction of sp³-hybridized carbons (Fsp3) is 0.143. The highest BCUT2D eigenvalue weighted by Gasteiger charge is 2.44. The molecular weight excluding hydrogens is 406 g/mol. The van der Waals surface area contributed by atoms with E-state index in [4.69, 9.17) is 4.42 Å². The first-order chi connectivity index (χ1) is 14.7. The lowest BCUT2D eigenvalue weighted by Gasteiger charge is -2.21. The number of rotatable bonds is 4. The summed E-state index contributed by atoms with van der Waals surface area (Å²) in [7, 11) is 0. The van der Waals surface area contributed by atoms with Gasteiger partial charge in [0.25, 0.3) is 17.5 Å². The number of carbonyl (C=O) groups excluding carboxylic acids is 3.